The number of aliphatic hydroxyl groups excluding tert-OH is 1. The van der Waals surface area contributed by atoms with E-state index in [1.165, 1.54) is 11.1 Å². The molecule has 0 radical (unpaired) electrons. The summed E-state index contributed by atoms with van der Waals surface area (Å²) in [7, 11) is 0. The molecule has 0 saturated carbocycles. The summed E-state index contributed by atoms with van der Waals surface area (Å²) in [6.45, 7) is 1.93. The van der Waals surface area contributed by atoms with Crippen LogP contribution in [-0.4, -0.2) is 16.6 Å². The zero-order chi connectivity index (χ0) is 12.6. The third kappa shape index (κ3) is 3.95. The number of nitrogens with zero attached hydrogens (tertiary/aromatic N) is 1. The SMILES string of the molecule is OCc1ccc(CCNCc2ccncc2)cc1. The van der Waals surface area contributed by atoms with E-state index in [0.29, 0.717) is 0 Å². The Hall–Kier alpha value is -1.71. The number of nitrogens with one attached hydrogen (secondary N) is 1. The molecule has 2 rings (SSSR count). The minimum Gasteiger partial charge on any atom is -0.392 e. The predicted molar refractivity (Wildman–Crippen MR) is 72.0 cm³/mol. The lowest BCUT2D eigenvalue weighted by atomic mass is 10.1. The van der Waals surface area contributed by atoms with E-state index in [9.17, 15) is 0 Å². The van der Waals surface area contributed by atoms with Gasteiger partial charge in [0.25, 0.3) is 0 Å². The van der Waals surface area contributed by atoms with Crippen LogP contribution in [0.1, 0.15) is 16.7 Å². The highest BCUT2D eigenvalue weighted by molar-refractivity contribution is 5.22. The lowest BCUT2D eigenvalue weighted by molar-refractivity contribution is 0.282. The molecule has 3 heteroatoms. The van der Waals surface area contributed by atoms with Crippen LogP contribution in [0.15, 0.2) is 48.8 Å². The van der Waals surface area contributed by atoms with Crippen LogP contribution < -0.4 is 5.32 Å². The second-order valence-electron chi connectivity index (χ2n) is 4.26. The molecule has 0 aliphatic heterocycles. The molecule has 0 atom stereocenters. The fourth-order valence-electron chi connectivity index (χ4n) is 1.78. The van der Waals surface area contributed by atoms with Gasteiger partial charge in [-0.2, -0.15) is 0 Å². The van der Waals surface area contributed by atoms with E-state index in [1.807, 2.05) is 36.7 Å². The Morgan fingerprint density at radius 3 is 2.22 bits per heavy atom. The fourth-order valence-corrected chi connectivity index (χ4v) is 1.78. The van der Waals surface area contributed by atoms with E-state index < -0.39 is 0 Å². The Morgan fingerprint density at radius 2 is 1.56 bits per heavy atom. The lowest BCUT2D eigenvalue weighted by Gasteiger charge is -2.05. The number of pyridine rings is 1. The molecule has 3 nitrogen and oxygen atoms in total. The average Bonchev–Trinajstić information content (AvgIpc) is 2.45. The minimum absolute atomic E-state index is 0.112. The molecule has 0 saturated heterocycles. The van der Waals surface area contributed by atoms with E-state index in [4.69, 9.17) is 5.11 Å². The van der Waals surface area contributed by atoms with Gasteiger partial charge in [0.15, 0.2) is 0 Å². The highest BCUT2D eigenvalue weighted by Gasteiger charge is 1.95. The van der Waals surface area contributed by atoms with Crippen molar-refractivity contribution in [1.29, 1.82) is 0 Å². The molecular formula is C15H18N2O. The molecule has 1 aromatic heterocycles. The van der Waals surface area contributed by atoms with Crippen LogP contribution >= 0.6 is 0 Å². The molecule has 0 unspecified atom stereocenters. The zero-order valence-electron chi connectivity index (χ0n) is 10.3. The molecule has 1 heterocycles. The first-order valence-electron chi connectivity index (χ1n) is 6.17. The second kappa shape index (κ2) is 6.89. The normalized spacial score (nSPS) is 10.5. The van der Waals surface area contributed by atoms with Gasteiger partial charge in [0.2, 0.25) is 0 Å². The van der Waals surface area contributed by atoms with Gasteiger partial charge in [-0.15, -0.1) is 0 Å². The van der Waals surface area contributed by atoms with Crippen molar-refractivity contribution in [3.8, 4) is 0 Å². The summed E-state index contributed by atoms with van der Waals surface area (Å²) in [6, 6.07) is 12.1. The number of aromatic nitrogens is 1. The molecule has 0 bridgehead atoms. The zero-order valence-corrected chi connectivity index (χ0v) is 10.3. The van der Waals surface area contributed by atoms with Crippen LogP contribution in [0.2, 0.25) is 0 Å². The first kappa shape index (κ1) is 12.7. The van der Waals surface area contributed by atoms with E-state index in [-0.39, 0.29) is 6.61 Å². The Labute approximate surface area is 108 Å². The van der Waals surface area contributed by atoms with Crippen molar-refractivity contribution in [2.75, 3.05) is 6.54 Å². The van der Waals surface area contributed by atoms with Gasteiger partial charge in [-0.3, -0.25) is 4.98 Å². The predicted octanol–water partition coefficient (Wildman–Crippen LogP) is 1.91. The number of benzene rings is 1. The molecule has 0 aliphatic rings. The summed E-state index contributed by atoms with van der Waals surface area (Å²) in [5.41, 5.74) is 3.50. The van der Waals surface area contributed by atoms with Crippen molar-refractivity contribution in [3.05, 3.63) is 65.5 Å². The van der Waals surface area contributed by atoms with Crippen LogP contribution in [-0.2, 0) is 19.6 Å². The van der Waals surface area contributed by atoms with E-state index in [0.717, 1.165) is 25.1 Å². The number of hydrogen-bond donors (Lipinski definition) is 2. The Balaban J connectivity index is 1.72. The average molecular weight is 242 g/mol. The highest BCUT2D eigenvalue weighted by Crippen LogP contribution is 2.04. The van der Waals surface area contributed by atoms with Crippen LogP contribution in [0.3, 0.4) is 0 Å². The van der Waals surface area contributed by atoms with E-state index in [1.54, 1.807) is 0 Å². The van der Waals surface area contributed by atoms with Crippen molar-refractivity contribution in [3.63, 3.8) is 0 Å². The summed E-state index contributed by atoms with van der Waals surface area (Å²) in [5.74, 6) is 0. The maximum atomic E-state index is 8.95. The minimum atomic E-state index is 0.112. The Bertz CT molecular complexity index is 454. The van der Waals surface area contributed by atoms with Gasteiger partial charge in [-0.05, 0) is 41.8 Å². The first-order valence-corrected chi connectivity index (χ1v) is 6.17. The van der Waals surface area contributed by atoms with Crippen LogP contribution in [0.5, 0.6) is 0 Å². The maximum absolute atomic E-state index is 8.95. The quantitative estimate of drug-likeness (QED) is 0.761. The van der Waals surface area contributed by atoms with Gasteiger partial charge in [0.1, 0.15) is 0 Å². The standard InChI is InChI=1S/C15H18N2O/c18-12-15-3-1-13(2-4-15)5-10-17-11-14-6-8-16-9-7-14/h1-4,6-9,17-18H,5,10-12H2. The summed E-state index contributed by atoms with van der Waals surface area (Å²) in [4.78, 5) is 3.99. The number of hydrogen-bond acceptors (Lipinski definition) is 3. The van der Waals surface area contributed by atoms with Gasteiger partial charge in [0.05, 0.1) is 6.61 Å². The molecule has 0 spiro atoms. The van der Waals surface area contributed by atoms with Crippen molar-refractivity contribution < 1.29 is 5.11 Å². The largest absolute Gasteiger partial charge is 0.392 e. The maximum Gasteiger partial charge on any atom is 0.0681 e. The molecule has 94 valence electrons. The van der Waals surface area contributed by atoms with Gasteiger partial charge in [-0.1, -0.05) is 24.3 Å². The highest BCUT2D eigenvalue weighted by atomic mass is 16.3. The molecule has 0 amide bonds. The van der Waals surface area contributed by atoms with Crippen molar-refractivity contribution in [1.82, 2.24) is 10.3 Å². The Morgan fingerprint density at radius 1 is 0.889 bits per heavy atom. The van der Waals surface area contributed by atoms with Crippen LogP contribution in [0.4, 0.5) is 0 Å². The summed E-state index contributed by atoms with van der Waals surface area (Å²) < 4.78 is 0. The van der Waals surface area contributed by atoms with Gasteiger partial charge in [-0.25, -0.2) is 0 Å². The van der Waals surface area contributed by atoms with Crippen LogP contribution in [0.25, 0.3) is 0 Å². The fraction of sp³-hybridized carbons (Fsp3) is 0.267. The van der Waals surface area contributed by atoms with Crippen molar-refractivity contribution >= 4 is 0 Å². The summed E-state index contributed by atoms with van der Waals surface area (Å²) in [5, 5.41) is 12.4. The van der Waals surface area contributed by atoms with Gasteiger partial charge >= 0.3 is 0 Å². The number of rotatable bonds is 6. The van der Waals surface area contributed by atoms with E-state index in [2.05, 4.69) is 22.4 Å². The van der Waals surface area contributed by atoms with Crippen LogP contribution in [0, 0.1) is 0 Å². The smallest absolute Gasteiger partial charge is 0.0681 e. The van der Waals surface area contributed by atoms with Gasteiger partial charge in [0, 0.05) is 18.9 Å². The molecule has 1 aromatic carbocycles. The Kier molecular flexibility index (Phi) is 4.88. The summed E-state index contributed by atoms with van der Waals surface area (Å²) >= 11 is 0. The van der Waals surface area contributed by atoms with Crippen molar-refractivity contribution in [2.45, 2.75) is 19.6 Å². The summed E-state index contributed by atoms with van der Waals surface area (Å²) in [6.07, 6.45) is 4.62. The molecule has 18 heavy (non-hydrogen) atoms. The van der Waals surface area contributed by atoms with E-state index >= 15 is 0 Å². The number of aliphatic hydroxyl groups is 1. The monoisotopic (exact) mass is 242 g/mol. The molecule has 2 aromatic rings. The molecule has 0 aliphatic carbocycles. The van der Waals surface area contributed by atoms with Gasteiger partial charge < -0.3 is 10.4 Å². The van der Waals surface area contributed by atoms with Crippen molar-refractivity contribution in [2.24, 2.45) is 0 Å². The molecule has 2 N–H and O–H groups in total. The molecule has 0 fully saturated rings. The lowest BCUT2D eigenvalue weighted by Crippen LogP contribution is -2.16. The topological polar surface area (TPSA) is 45.1 Å². The third-order valence-electron chi connectivity index (χ3n) is 2.87. The third-order valence-corrected chi connectivity index (χ3v) is 2.87. The second-order valence-corrected chi connectivity index (χ2v) is 4.26. The first-order chi connectivity index (χ1) is 8.88. The molecular weight excluding hydrogens is 224 g/mol.